The van der Waals surface area contributed by atoms with Crippen LogP contribution in [0.5, 0.6) is 0 Å². The van der Waals surface area contributed by atoms with Crippen LogP contribution in [0.2, 0.25) is 0 Å². The Morgan fingerprint density at radius 3 is 2.78 bits per heavy atom. The minimum absolute atomic E-state index is 0.135. The highest BCUT2D eigenvalue weighted by molar-refractivity contribution is 7.21. The maximum Gasteiger partial charge on any atom is 0.410 e. The van der Waals surface area contributed by atoms with Crippen LogP contribution < -0.4 is 5.73 Å². The van der Waals surface area contributed by atoms with Gasteiger partial charge in [0.1, 0.15) is 15.3 Å². The van der Waals surface area contributed by atoms with Crippen molar-refractivity contribution in [1.82, 2.24) is 9.88 Å². The smallest absolute Gasteiger partial charge is 0.410 e. The number of amides is 1. The maximum atomic E-state index is 12.3. The van der Waals surface area contributed by atoms with Crippen molar-refractivity contribution < 1.29 is 19.1 Å². The molecule has 3 heterocycles. The fourth-order valence-electron chi connectivity index (χ4n) is 3.08. The fraction of sp³-hybridized carbons (Fsp3) is 0.526. The fourth-order valence-corrected chi connectivity index (χ4v) is 4.08. The van der Waals surface area contributed by atoms with Crippen LogP contribution in [0.15, 0.2) is 12.1 Å². The van der Waals surface area contributed by atoms with Crippen LogP contribution in [0, 0.1) is 0 Å². The molecule has 146 valence electrons. The molecule has 0 aliphatic carbocycles. The molecule has 2 aromatic heterocycles. The highest BCUT2D eigenvalue weighted by Gasteiger charge is 2.31. The third-order valence-corrected chi connectivity index (χ3v) is 5.43. The number of nitrogens with zero attached hydrogens (tertiary/aromatic N) is 2. The number of hydrogen-bond donors (Lipinski definition) is 1. The van der Waals surface area contributed by atoms with Gasteiger partial charge in [-0.1, -0.05) is 0 Å². The van der Waals surface area contributed by atoms with Gasteiger partial charge >= 0.3 is 12.1 Å². The van der Waals surface area contributed by atoms with Crippen molar-refractivity contribution in [1.29, 1.82) is 0 Å². The Labute approximate surface area is 162 Å². The maximum absolute atomic E-state index is 12.3. The number of carbonyl (C=O) groups excluding carboxylic acids is 2. The summed E-state index contributed by atoms with van der Waals surface area (Å²) in [6.45, 7) is 8.84. The summed E-state index contributed by atoms with van der Waals surface area (Å²) in [5.74, 6) is -0.284. The molecule has 2 aromatic rings. The first-order chi connectivity index (χ1) is 12.7. The number of esters is 1. The van der Waals surface area contributed by atoms with E-state index in [2.05, 4.69) is 0 Å². The number of anilines is 1. The third kappa shape index (κ3) is 4.16. The Kier molecular flexibility index (Phi) is 5.28. The van der Waals surface area contributed by atoms with Gasteiger partial charge in [-0.3, -0.25) is 0 Å². The van der Waals surface area contributed by atoms with E-state index in [-0.39, 0.29) is 12.0 Å². The van der Waals surface area contributed by atoms with Gasteiger partial charge in [0.2, 0.25) is 0 Å². The van der Waals surface area contributed by atoms with Gasteiger partial charge in [-0.2, -0.15) is 0 Å². The molecule has 1 aliphatic heterocycles. The Bertz CT molecular complexity index is 872. The molecular formula is C19H25N3O4S. The van der Waals surface area contributed by atoms with Gasteiger partial charge in [0, 0.05) is 30.1 Å². The van der Waals surface area contributed by atoms with Crippen molar-refractivity contribution in [2.75, 3.05) is 25.4 Å². The number of aromatic nitrogens is 1. The number of nitrogens with two attached hydrogens (primary N) is 1. The Morgan fingerprint density at radius 1 is 1.37 bits per heavy atom. The Balaban J connectivity index is 1.78. The predicted octanol–water partition coefficient (Wildman–Crippen LogP) is 3.78. The monoisotopic (exact) mass is 391 g/mol. The summed E-state index contributed by atoms with van der Waals surface area (Å²) in [6, 6.07) is 3.81. The molecule has 7 nitrogen and oxygen atoms in total. The highest BCUT2D eigenvalue weighted by atomic mass is 32.1. The molecule has 3 rings (SSSR count). The SMILES string of the molecule is CCOC(=O)c1sc2nc(C3CCN(C(=O)OC(C)(C)C)C3)ccc2c1N. The average Bonchev–Trinajstić information content (AvgIpc) is 3.19. The first kappa shape index (κ1) is 19.4. The van der Waals surface area contributed by atoms with Gasteiger partial charge < -0.3 is 20.1 Å². The summed E-state index contributed by atoms with van der Waals surface area (Å²) >= 11 is 1.24. The van der Waals surface area contributed by atoms with Crippen LogP contribution in [-0.4, -0.2) is 47.2 Å². The Hall–Kier alpha value is -2.35. The van der Waals surface area contributed by atoms with E-state index in [0.29, 0.717) is 35.1 Å². The topological polar surface area (TPSA) is 94.8 Å². The molecule has 1 saturated heterocycles. The summed E-state index contributed by atoms with van der Waals surface area (Å²) in [7, 11) is 0. The van der Waals surface area contributed by atoms with Crippen molar-refractivity contribution in [2.45, 2.75) is 45.6 Å². The Morgan fingerprint density at radius 2 is 2.11 bits per heavy atom. The van der Waals surface area contributed by atoms with Gasteiger partial charge in [-0.05, 0) is 46.2 Å². The molecule has 0 bridgehead atoms. The van der Waals surface area contributed by atoms with Crippen LogP contribution in [0.1, 0.15) is 55.4 Å². The molecule has 0 aromatic carbocycles. The summed E-state index contributed by atoms with van der Waals surface area (Å²) in [5, 5.41) is 0.758. The number of fused-ring (bicyclic) bond motifs is 1. The standard InChI is InChI=1S/C19H25N3O4S/c1-5-25-17(23)15-14(20)12-6-7-13(21-16(12)27-15)11-8-9-22(10-11)18(24)26-19(2,3)4/h6-7,11H,5,8-10,20H2,1-4H3. The van der Waals surface area contributed by atoms with E-state index in [9.17, 15) is 9.59 Å². The second-order valence-corrected chi connectivity index (χ2v) is 8.57. The largest absolute Gasteiger partial charge is 0.462 e. The molecular weight excluding hydrogens is 366 g/mol. The summed E-state index contributed by atoms with van der Waals surface area (Å²) in [4.78, 5) is 31.8. The molecule has 0 spiro atoms. The molecule has 27 heavy (non-hydrogen) atoms. The van der Waals surface area contributed by atoms with Crippen LogP contribution >= 0.6 is 11.3 Å². The molecule has 0 radical (unpaired) electrons. The van der Waals surface area contributed by atoms with Crippen LogP contribution in [0.3, 0.4) is 0 Å². The van der Waals surface area contributed by atoms with Gasteiger partial charge in [-0.15, -0.1) is 11.3 Å². The van der Waals surface area contributed by atoms with Gasteiger partial charge in [0.15, 0.2) is 0 Å². The van der Waals surface area contributed by atoms with E-state index in [1.807, 2.05) is 32.9 Å². The lowest BCUT2D eigenvalue weighted by atomic mass is 10.0. The second kappa shape index (κ2) is 7.34. The highest BCUT2D eigenvalue weighted by Crippen LogP contribution is 2.35. The lowest BCUT2D eigenvalue weighted by Crippen LogP contribution is -2.35. The lowest BCUT2D eigenvalue weighted by molar-refractivity contribution is 0.0292. The molecule has 2 N–H and O–H groups in total. The minimum Gasteiger partial charge on any atom is -0.462 e. The van der Waals surface area contributed by atoms with Crippen molar-refractivity contribution in [3.8, 4) is 0 Å². The number of ether oxygens (including phenoxy) is 2. The molecule has 1 aliphatic rings. The van der Waals surface area contributed by atoms with Crippen LogP contribution in [-0.2, 0) is 9.47 Å². The van der Waals surface area contributed by atoms with Gasteiger partial charge in [0.05, 0.1) is 12.3 Å². The normalized spacial score (nSPS) is 17.3. The van der Waals surface area contributed by atoms with Crippen molar-refractivity contribution in [3.05, 3.63) is 22.7 Å². The van der Waals surface area contributed by atoms with Gasteiger partial charge in [-0.25, -0.2) is 14.6 Å². The molecule has 0 saturated carbocycles. The van der Waals surface area contributed by atoms with E-state index < -0.39 is 11.6 Å². The van der Waals surface area contributed by atoms with Crippen molar-refractivity contribution in [2.24, 2.45) is 0 Å². The van der Waals surface area contributed by atoms with Gasteiger partial charge in [0.25, 0.3) is 0 Å². The number of nitrogen functional groups attached to an aromatic ring is 1. The first-order valence-electron chi connectivity index (χ1n) is 9.03. The lowest BCUT2D eigenvalue weighted by Gasteiger charge is -2.24. The number of carbonyl (C=O) groups is 2. The quantitative estimate of drug-likeness (QED) is 0.800. The van der Waals surface area contributed by atoms with E-state index in [0.717, 1.165) is 17.5 Å². The summed E-state index contributed by atoms with van der Waals surface area (Å²) in [6.07, 6.45) is 0.527. The predicted molar refractivity (Wildman–Crippen MR) is 105 cm³/mol. The number of thiophene rings is 1. The molecule has 8 heteroatoms. The first-order valence-corrected chi connectivity index (χ1v) is 9.85. The summed E-state index contributed by atoms with van der Waals surface area (Å²) in [5.41, 5.74) is 6.89. The molecule has 1 atom stereocenters. The molecule has 1 fully saturated rings. The number of likely N-dealkylation sites (tertiary alicyclic amines) is 1. The zero-order valence-electron chi connectivity index (χ0n) is 16.1. The average molecular weight is 391 g/mol. The van der Waals surface area contributed by atoms with E-state index in [1.54, 1.807) is 11.8 Å². The summed E-state index contributed by atoms with van der Waals surface area (Å²) < 4.78 is 10.5. The van der Waals surface area contributed by atoms with Crippen molar-refractivity contribution in [3.63, 3.8) is 0 Å². The number of rotatable bonds is 3. The minimum atomic E-state index is -0.510. The van der Waals surface area contributed by atoms with Crippen LogP contribution in [0.4, 0.5) is 10.5 Å². The zero-order valence-corrected chi connectivity index (χ0v) is 16.9. The van der Waals surface area contributed by atoms with E-state index >= 15 is 0 Å². The number of pyridine rings is 1. The molecule has 1 amide bonds. The second-order valence-electron chi connectivity index (χ2n) is 7.57. The number of hydrogen-bond acceptors (Lipinski definition) is 7. The van der Waals surface area contributed by atoms with E-state index in [1.165, 1.54) is 11.3 Å². The van der Waals surface area contributed by atoms with E-state index in [4.69, 9.17) is 20.2 Å². The zero-order chi connectivity index (χ0) is 19.8. The third-order valence-electron chi connectivity index (χ3n) is 4.33. The van der Waals surface area contributed by atoms with Crippen LogP contribution in [0.25, 0.3) is 10.2 Å². The van der Waals surface area contributed by atoms with Crippen molar-refractivity contribution >= 4 is 39.3 Å². The molecule has 1 unspecified atom stereocenters.